The van der Waals surface area contributed by atoms with Crippen LogP contribution in [0.3, 0.4) is 0 Å². The molecule has 0 saturated carbocycles. The molecule has 1 aromatic heterocycles. The number of aryl methyl sites for hydroxylation is 1. The summed E-state index contributed by atoms with van der Waals surface area (Å²) in [5.74, 6) is 0.830. The second-order valence-corrected chi connectivity index (χ2v) is 7.51. The summed E-state index contributed by atoms with van der Waals surface area (Å²) in [5, 5.41) is 10.2. The Morgan fingerprint density at radius 2 is 1.96 bits per heavy atom. The van der Waals surface area contributed by atoms with E-state index in [0.29, 0.717) is 12.6 Å². The van der Waals surface area contributed by atoms with Crippen molar-refractivity contribution in [1.82, 2.24) is 20.5 Å². The van der Waals surface area contributed by atoms with Gasteiger partial charge in [-0.3, -0.25) is 9.89 Å². The van der Waals surface area contributed by atoms with E-state index in [1.54, 1.807) is 11.3 Å². The third-order valence-corrected chi connectivity index (χ3v) is 5.83. The summed E-state index contributed by atoms with van der Waals surface area (Å²) in [6, 6.07) is 11.2. The molecule has 1 aliphatic heterocycles. The zero-order valence-electron chi connectivity index (χ0n) is 16.1. The monoisotopic (exact) mass is 499 g/mol. The molecule has 1 saturated heterocycles. The van der Waals surface area contributed by atoms with E-state index in [9.17, 15) is 0 Å². The zero-order chi connectivity index (χ0) is 18.2. The van der Waals surface area contributed by atoms with E-state index in [4.69, 9.17) is 0 Å². The van der Waals surface area contributed by atoms with Crippen molar-refractivity contribution in [2.75, 3.05) is 26.7 Å². The van der Waals surface area contributed by atoms with E-state index in [1.807, 2.05) is 7.05 Å². The Hall–Kier alpha value is -1.19. The fourth-order valence-corrected chi connectivity index (χ4v) is 4.11. The zero-order valence-corrected chi connectivity index (χ0v) is 19.3. The van der Waals surface area contributed by atoms with Crippen LogP contribution in [0.2, 0.25) is 0 Å². The van der Waals surface area contributed by atoms with Crippen molar-refractivity contribution in [2.24, 2.45) is 4.99 Å². The largest absolute Gasteiger partial charge is 0.354 e. The van der Waals surface area contributed by atoms with Crippen LogP contribution in [0.1, 0.15) is 42.1 Å². The van der Waals surface area contributed by atoms with Gasteiger partial charge in [0.2, 0.25) is 0 Å². The summed E-state index contributed by atoms with van der Waals surface area (Å²) in [6.07, 6.45) is 3.58. The summed E-state index contributed by atoms with van der Waals surface area (Å²) in [5.41, 5.74) is 2.44. The number of guanidine groups is 1. The van der Waals surface area contributed by atoms with Crippen molar-refractivity contribution < 1.29 is 0 Å². The van der Waals surface area contributed by atoms with Crippen LogP contribution in [0.15, 0.2) is 40.7 Å². The summed E-state index contributed by atoms with van der Waals surface area (Å²) in [4.78, 5) is 11.6. The average molecular weight is 499 g/mol. The predicted molar refractivity (Wildman–Crippen MR) is 125 cm³/mol. The number of hydrogen-bond donors (Lipinski definition) is 2. The van der Waals surface area contributed by atoms with Crippen molar-refractivity contribution in [3.05, 3.63) is 52.0 Å². The minimum absolute atomic E-state index is 0. The molecular formula is C20H30IN5S. The average Bonchev–Trinajstić information content (AvgIpc) is 3.37. The first kappa shape index (κ1) is 22.1. The van der Waals surface area contributed by atoms with E-state index in [2.05, 4.69) is 68.1 Å². The number of likely N-dealkylation sites (tertiary alicyclic amines) is 1. The number of rotatable bonds is 7. The number of halogens is 1. The Labute approximate surface area is 183 Å². The Morgan fingerprint density at radius 3 is 2.59 bits per heavy atom. The summed E-state index contributed by atoms with van der Waals surface area (Å²) in [7, 11) is 1.82. The molecule has 1 aromatic carbocycles. The highest BCUT2D eigenvalue weighted by atomic mass is 127. The topological polar surface area (TPSA) is 52.6 Å². The first-order chi connectivity index (χ1) is 12.8. The van der Waals surface area contributed by atoms with Crippen molar-refractivity contribution in [3.8, 4) is 0 Å². The van der Waals surface area contributed by atoms with Crippen molar-refractivity contribution in [1.29, 1.82) is 0 Å². The van der Waals surface area contributed by atoms with Crippen LogP contribution >= 0.6 is 35.3 Å². The van der Waals surface area contributed by atoms with E-state index in [0.717, 1.165) is 24.6 Å². The molecule has 2 N–H and O–H groups in total. The van der Waals surface area contributed by atoms with Gasteiger partial charge in [0.25, 0.3) is 0 Å². The van der Waals surface area contributed by atoms with E-state index < -0.39 is 0 Å². The van der Waals surface area contributed by atoms with Gasteiger partial charge in [-0.05, 0) is 37.9 Å². The third-order valence-electron chi connectivity index (χ3n) is 4.79. The Kier molecular flexibility index (Phi) is 9.50. The molecule has 0 radical (unpaired) electrons. The van der Waals surface area contributed by atoms with Gasteiger partial charge in [0, 0.05) is 19.0 Å². The van der Waals surface area contributed by atoms with Crippen molar-refractivity contribution in [2.45, 2.75) is 38.8 Å². The van der Waals surface area contributed by atoms with Gasteiger partial charge in [0.05, 0.1) is 23.3 Å². The van der Waals surface area contributed by atoms with E-state index >= 15 is 0 Å². The third kappa shape index (κ3) is 6.43. The van der Waals surface area contributed by atoms with Gasteiger partial charge in [-0.1, -0.05) is 37.3 Å². The molecule has 0 spiro atoms. The number of aliphatic imine (C=N–C) groups is 1. The van der Waals surface area contributed by atoms with Crippen LogP contribution in [-0.4, -0.2) is 42.5 Å². The number of hydrogen-bond acceptors (Lipinski definition) is 4. The number of aromatic nitrogens is 1. The van der Waals surface area contributed by atoms with Crippen molar-refractivity contribution in [3.63, 3.8) is 0 Å². The Bertz CT molecular complexity index is 697. The maximum absolute atomic E-state index is 4.61. The minimum atomic E-state index is 0. The standard InChI is InChI=1S/C20H29N5S.HI/c1-3-19-24-17(15-26-19)13-22-20(21-2)23-14-18(25-11-7-8-12-25)16-9-5-4-6-10-16;/h4-6,9-10,15,18H,3,7-8,11-14H2,1-2H3,(H2,21,22,23);1H. The van der Waals surface area contributed by atoms with Crippen LogP contribution < -0.4 is 10.6 Å². The van der Waals surface area contributed by atoms with Crippen LogP contribution in [0.5, 0.6) is 0 Å². The maximum Gasteiger partial charge on any atom is 0.191 e. The van der Waals surface area contributed by atoms with Gasteiger partial charge in [-0.15, -0.1) is 35.3 Å². The second-order valence-electron chi connectivity index (χ2n) is 6.56. The highest BCUT2D eigenvalue weighted by Gasteiger charge is 2.23. The number of nitrogens with zero attached hydrogens (tertiary/aromatic N) is 3. The van der Waals surface area contributed by atoms with Crippen LogP contribution in [0.4, 0.5) is 0 Å². The highest BCUT2D eigenvalue weighted by molar-refractivity contribution is 14.0. The van der Waals surface area contributed by atoms with Gasteiger partial charge in [-0.25, -0.2) is 4.98 Å². The SMILES string of the molecule is CCc1nc(CNC(=NC)NCC(c2ccccc2)N2CCCC2)cs1.I. The molecule has 2 aromatic rings. The molecule has 1 unspecified atom stereocenters. The lowest BCUT2D eigenvalue weighted by atomic mass is 10.1. The molecule has 5 nitrogen and oxygen atoms in total. The molecule has 3 rings (SSSR count). The molecule has 148 valence electrons. The van der Waals surface area contributed by atoms with E-state index in [-0.39, 0.29) is 24.0 Å². The fourth-order valence-electron chi connectivity index (χ4n) is 3.37. The molecule has 2 heterocycles. The second kappa shape index (κ2) is 11.6. The van der Waals surface area contributed by atoms with Crippen molar-refractivity contribution >= 4 is 41.3 Å². The van der Waals surface area contributed by atoms with Crippen LogP contribution in [-0.2, 0) is 13.0 Å². The van der Waals surface area contributed by atoms with Gasteiger partial charge >= 0.3 is 0 Å². The molecule has 1 atom stereocenters. The Balaban J connectivity index is 0.00000261. The quantitative estimate of drug-likeness (QED) is 0.346. The fraction of sp³-hybridized carbons (Fsp3) is 0.500. The lowest BCUT2D eigenvalue weighted by molar-refractivity contribution is 0.245. The van der Waals surface area contributed by atoms with Gasteiger partial charge in [0.1, 0.15) is 0 Å². The first-order valence-electron chi connectivity index (χ1n) is 9.47. The van der Waals surface area contributed by atoms with Gasteiger partial charge in [0.15, 0.2) is 5.96 Å². The molecular weight excluding hydrogens is 469 g/mol. The lowest BCUT2D eigenvalue weighted by Crippen LogP contribution is -2.42. The summed E-state index contributed by atoms with van der Waals surface area (Å²) >= 11 is 1.72. The smallest absolute Gasteiger partial charge is 0.191 e. The van der Waals surface area contributed by atoms with Crippen LogP contribution in [0.25, 0.3) is 0 Å². The lowest BCUT2D eigenvalue weighted by Gasteiger charge is -2.28. The van der Waals surface area contributed by atoms with Gasteiger partial charge in [-0.2, -0.15) is 0 Å². The molecule has 0 amide bonds. The highest BCUT2D eigenvalue weighted by Crippen LogP contribution is 2.24. The van der Waals surface area contributed by atoms with Gasteiger partial charge < -0.3 is 10.6 Å². The predicted octanol–water partition coefficient (Wildman–Crippen LogP) is 3.83. The summed E-state index contributed by atoms with van der Waals surface area (Å²) < 4.78 is 0. The molecule has 1 aliphatic rings. The number of nitrogens with one attached hydrogen (secondary N) is 2. The minimum Gasteiger partial charge on any atom is -0.354 e. The molecule has 0 aliphatic carbocycles. The van der Waals surface area contributed by atoms with Crippen LogP contribution in [0, 0.1) is 0 Å². The molecule has 1 fully saturated rings. The normalized spacial score (nSPS) is 16.0. The molecule has 27 heavy (non-hydrogen) atoms. The number of benzene rings is 1. The Morgan fingerprint density at radius 1 is 1.22 bits per heavy atom. The first-order valence-corrected chi connectivity index (χ1v) is 10.3. The van der Waals surface area contributed by atoms with E-state index in [1.165, 1.54) is 36.5 Å². The maximum atomic E-state index is 4.61. The molecule has 0 bridgehead atoms. The summed E-state index contributed by atoms with van der Waals surface area (Å²) in [6.45, 7) is 6.03. The molecule has 7 heteroatoms. The number of thiazole rings is 1.